The van der Waals surface area contributed by atoms with Crippen LogP contribution < -0.4 is 5.73 Å². The molecule has 0 aromatic carbocycles. The van der Waals surface area contributed by atoms with Gasteiger partial charge in [-0.05, 0) is 24.5 Å². The van der Waals surface area contributed by atoms with E-state index in [1.54, 1.807) is 0 Å². The fourth-order valence-electron chi connectivity index (χ4n) is 1.47. The van der Waals surface area contributed by atoms with Gasteiger partial charge in [-0.3, -0.25) is 0 Å². The first kappa shape index (κ1) is 14.3. The van der Waals surface area contributed by atoms with Gasteiger partial charge in [-0.2, -0.15) is 11.8 Å². The molecule has 0 aliphatic heterocycles. The molecule has 3 atom stereocenters. The monoisotopic (exact) mass is 217 g/mol. The zero-order valence-corrected chi connectivity index (χ0v) is 11.1. The third kappa shape index (κ3) is 5.92. The third-order valence-corrected chi connectivity index (χ3v) is 4.67. The van der Waals surface area contributed by atoms with Gasteiger partial charge in [0.1, 0.15) is 0 Å². The molecule has 0 saturated carbocycles. The SMILES string of the molecule is CCCC(N)C(CC)SCC(C)CC. The Labute approximate surface area is 94.2 Å². The van der Waals surface area contributed by atoms with Gasteiger partial charge in [0, 0.05) is 11.3 Å². The second-order valence-corrected chi connectivity index (χ2v) is 5.52. The van der Waals surface area contributed by atoms with Crippen LogP contribution in [0.15, 0.2) is 0 Å². The Balaban J connectivity index is 3.77. The fourth-order valence-corrected chi connectivity index (χ4v) is 2.90. The van der Waals surface area contributed by atoms with Crippen molar-refractivity contribution in [2.45, 2.75) is 64.7 Å². The topological polar surface area (TPSA) is 26.0 Å². The van der Waals surface area contributed by atoms with Crippen LogP contribution in [0.2, 0.25) is 0 Å². The highest BCUT2D eigenvalue weighted by molar-refractivity contribution is 7.99. The average molecular weight is 217 g/mol. The van der Waals surface area contributed by atoms with E-state index >= 15 is 0 Å². The van der Waals surface area contributed by atoms with Gasteiger partial charge >= 0.3 is 0 Å². The Morgan fingerprint density at radius 3 is 2.21 bits per heavy atom. The van der Waals surface area contributed by atoms with Crippen LogP contribution in [0.25, 0.3) is 0 Å². The van der Waals surface area contributed by atoms with E-state index in [1.807, 2.05) is 0 Å². The van der Waals surface area contributed by atoms with Gasteiger partial charge < -0.3 is 5.73 Å². The molecule has 1 nitrogen and oxygen atoms in total. The minimum Gasteiger partial charge on any atom is -0.327 e. The summed E-state index contributed by atoms with van der Waals surface area (Å²) in [6, 6.07) is 0.402. The maximum Gasteiger partial charge on any atom is 0.0196 e. The van der Waals surface area contributed by atoms with Crippen molar-refractivity contribution in [2.24, 2.45) is 11.7 Å². The third-order valence-electron chi connectivity index (χ3n) is 2.79. The van der Waals surface area contributed by atoms with E-state index in [0.717, 1.165) is 5.92 Å². The molecule has 0 amide bonds. The highest BCUT2D eigenvalue weighted by Crippen LogP contribution is 2.23. The molecular formula is C12H27NS. The molecule has 0 saturated heterocycles. The van der Waals surface area contributed by atoms with Crippen LogP contribution in [0.3, 0.4) is 0 Å². The van der Waals surface area contributed by atoms with Crippen LogP contribution in [0.5, 0.6) is 0 Å². The molecule has 0 heterocycles. The Kier molecular flexibility index (Phi) is 8.80. The molecule has 0 bridgehead atoms. The molecule has 2 heteroatoms. The normalized spacial score (nSPS) is 17.8. The average Bonchev–Trinajstić information content (AvgIpc) is 2.18. The highest BCUT2D eigenvalue weighted by Gasteiger charge is 2.16. The molecule has 0 aliphatic carbocycles. The minimum absolute atomic E-state index is 0.402. The summed E-state index contributed by atoms with van der Waals surface area (Å²) < 4.78 is 0. The Morgan fingerprint density at radius 1 is 1.14 bits per heavy atom. The summed E-state index contributed by atoms with van der Waals surface area (Å²) in [5.41, 5.74) is 6.15. The first-order valence-corrected chi connectivity index (χ1v) is 7.07. The number of nitrogens with two attached hydrogens (primary N) is 1. The van der Waals surface area contributed by atoms with E-state index in [0.29, 0.717) is 11.3 Å². The maximum absolute atomic E-state index is 6.15. The molecule has 3 unspecified atom stereocenters. The van der Waals surface area contributed by atoms with Crippen LogP contribution in [0.4, 0.5) is 0 Å². The molecule has 0 aliphatic rings. The largest absolute Gasteiger partial charge is 0.327 e. The van der Waals surface area contributed by atoms with E-state index in [1.165, 1.54) is 31.4 Å². The van der Waals surface area contributed by atoms with E-state index in [9.17, 15) is 0 Å². The zero-order chi connectivity index (χ0) is 11.0. The molecule has 2 N–H and O–H groups in total. The molecule has 0 radical (unpaired) electrons. The van der Waals surface area contributed by atoms with E-state index in [-0.39, 0.29) is 0 Å². The van der Waals surface area contributed by atoms with Gasteiger partial charge in [0.05, 0.1) is 0 Å². The van der Waals surface area contributed by atoms with Gasteiger partial charge in [-0.15, -0.1) is 0 Å². The molecular weight excluding hydrogens is 190 g/mol. The Bertz CT molecular complexity index is 127. The minimum atomic E-state index is 0.402. The zero-order valence-electron chi connectivity index (χ0n) is 10.3. The molecule has 14 heavy (non-hydrogen) atoms. The van der Waals surface area contributed by atoms with Crippen molar-refractivity contribution in [1.29, 1.82) is 0 Å². The first-order valence-electron chi connectivity index (χ1n) is 6.02. The van der Waals surface area contributed by atoms with E-state index < -0.39 is 0 Å². The summed E-state index contributed by atoms with van der Waals surface area (Å²) in [5, 5.41) is 0.670. The molecule has 0 rings (SSSR count). The molecule has 0 aromatic heterocycles. The van der Waals surface area contributed by atoms with Crippen molar-refractivity contribution in [3.8, 4) is 0 Å². The lowest BCUT2D eigenvalue weighted by Crippen LogP contribution is -2.32. The summed E-state index contributed by atoms with van der Waals surface area (Å²) in [7, 11) is 0. The van der Waals surface area contributed by atoms with Crippen molar-refractivity contribution in [2.75, 3.05) is 5.75 Å². The maximum atomic E-state index is 6.15. The first-order chi connectivity index (χ1) is 6.65. The second kappa shape index (κ2) is 8.60. The second-order valence-electron chi connectivity index (χ2n) is 4.25. The van der Waals surface area contributed by atoms with Crippen molar-refractivity contribution < 1.29 is 0 Å². The van der Waals surface area contributed by atoms with E-state index in [4.69, 9.17) is 5.73 Å². The van der Waals surface area contributed by atoms with Crippen LogP contribution in [0, 0.1) is 5.92 Å². The summed E-state index contributed by atoms with van der Waals surface area (Å²) in [6.45, 7) is 9.05. The van der Waals surface area contributed by atoms with Crippen molar-refractivity contribution in [3.05, 3.63) is 0 Å². The summed E-state index contributed by atoms with van der Waals surface area (Å²) in [5.74, 6) is 2.11. The lowest BCUT2D eigenvalue weighted by molar-refractivity contribution is 0.562. The summed E-state index contributed by atoms with van der Waals surface area (Å²) in [4.78, 5) is 0. The summed E-state index contributed by atoms with van der Waals surface area (Å²) in [6.07, 6.45) is 4.88. The molecule has 0 spiro atoms. The Morgan fingerprint density at radius 2 is 1.79 bits per heavy atom. The predicted molar refractivity (Wildman–Crippen MR) is 68.9 cm³/mol. The van der Waals surface area contributed by atoms with E-state index in [2.05, 4.69) is 39.5 Å². The van der Waals surface area contributed by atoms with Crippen LogP contribution in [-0.4, -0.2) is 17.0 Å². The number of rotatable bonds is 8. The standard InChI is InChI=1S/C12H27NS/c1-5-8-11(13)12(7-3)14-9-10(4)6-2/h10-12H,5-9,13H2,1-4H3. The van der Waals surface area contributed by atoms with Gasteiger partial charge in [-0.25, -0.2) is 0 Å². The van der Waals surface area contributed by atoms with Crippen molar-refractivity contribution in [1.82, 2.24) is 0 Å². The quantitative estimate of drug-likeness (QED) is 0.671. The van der Waals surface area contributed by atoms with Crippen LogP contribution in [-0.2, 0) is 0 Å². The molecule has 0 aromatic rings. The fraction of sp³-hybridized carbons (Fsp3) is 1.00. The van der Waals surface area contributed by atoms with Crippen LogP contribution in [0.1, 0.15) is 53.4 Å². The highest BCUT2D eigenvalue weighted by atomic mass is 32.2. The van der Waals surface area contributed by atoms with Crippen LogP contribution >= 0.6 is 11.8 Å². The number of hydrogen-bond donors (Lipinski definition) is 1. The lowest BCUT2D eigenvalue weighted by atomic mass is 10.1. The smallest absolute Gasteiger partial charge is 0.0196 e. The van der Waals surface area contributed by atoms with Gasteiger partial charge in [-0.1, -0.05) is 40.5 Å². The Hall–Kier alpha value is 0.310. The van der Waals surface area contributed by atoms with Crippen molar-refractivity contribution >= 4 is 11.8 Å². The van der Waals surface area contributed by atoms with Gasteiger partial charge in [0.25, 0.3) is 0 Å². The lowest BCUT2D eigenvalue weighted by Gasteiger charge is -2.23. The number of thioether (sulfide) groups is 1. The summed E-state index contributed by atoms with van der Waals surface area (Å²) >= 11 is 2.08. The predicted octanol–water partition coefficient (Wildman–Crippen LogP) is 3.67. The van der Waals surface area contributed by atoms with Gasteiger partial charge in [0.2, 0.25) is 0 Å². The number of hydrogen-bond acceptors (Lipinski definition) is 2. The molecule has 86 valence electrons. The van der Waals surface area contributed by atoms with Gasteiger partial charge in [0.15, 0.2) is 0 Å². The van der Waals surface area contributed by atoms with Crippen molar-refractivity contribution in [3.63, 3.8) is 0 Å². The molecule has 0 fully saturated rings.